The molecule has 0 unspecified atom stereocenters. The number of hydrogen-bond donors (Lipinski definition) is 1. The first-order valence-electron chi connectivity index (χ1n) is 9.84. The van der Waals surface area contributed by atoms with Gasteiger partial charge in [0.25, 0.3) is 5.56 Å². The topological polar surface area (TPSA) is 64.0 Å². The van der Waals surface area contributed by atoms with Crippen molar-refractivity contribution in [3.8, 4) is 0 Å². The maximum atomic E-state index is 13.3. The molecule has 0 aliphatic heterocycles. The summed E-state index contributed by atoms with van der Waals surface area (Å²) in [5.74, 6) is -0.228. The van der Waals surface area contributed by atoms with Crippen LogP contribution in [0.4, 0.5) is 5.69 Å². The number of aryl methyl sites for hydroxylation is 2. The number of anilines is 1. The highest BCUT2D eigenvalue weighted by Crippen LogP contribution is 2.33. The predicted molar refractivity (Wildman–Crippen MR) is 120 cm³/mol. The molecule has 0 aliphatic carbocycles. The van der Waals surface area contributed by atoms with Gasteiger partial charge in [-0.15, -0.1) is 11.3 Å². The zero-order chi connectivity index (χ0) is 20.5. The van der Waals surface area contributed by atoms with Gasteiger partial charge in [0.15, 0.2) is 0 Å². The Bertz CT molecular complexity index is 1270. The Morgan fingerprint density at radius 3 is 2.72 bits per heavy atom. The molecule has 0 bridgehead atoms. The number of fused-ring (bicyclic) bond motifs is 3. The second-order valence-corrected chi connectivity index (χ2v) is 8.16. The summed E-state index contributed by atoms with van der Waals surface area (Å²) in [6.45, 7) is 5.86. The van der Waals surface area contributed by atoms with Crippen LogP contribution in [0.1, 0.15) is 37.6 Å². The molecule has 2 aromatic heterocycles. The lowest BCUT2D eigenvalue weighted by molar-refractivity contribution is -0.119. The second kappa shape index (κ2) is 7.79. The first-order chi connectivity index (χ1) is 14.0. The van der Waals surface area contributed by atoms with Crippen LogP contribution < -0.4 is 10.9 Å². The Balaban J connectivity index is 1.79. The van der Waals surface area contributed by atoms with Gasteiger partial charge < -0.3 is 5.32 Å². The summed E-state index contributed by atoms with van der Waals surface area (Å²) in [4.78, 5) is 26.4. The molecule has 4 rings (SSSR count). The molecule has 4 aromatic rings. The number of amides is 1. The number of nitrogens with one attached hydrogen (secondary N) is 1. The monoisotopic (exact) mass is 405 g/mol. The highest BCUT2D eigenvalue weighted by atomic mass is 32.1. The molecule has 0 fully saturated rings. The number of thiophene rings is 1. The van der Waals surface area contributed by atoms with Crippen LogP contribution >= 0.6 is 11.3 Å². The van der Waals surface area contributed by atoms with E-state index in [2.05, 4.69) is 17.3 Å². The molecule has 6 heteroatoms. The van der Waals surface area contributed by atoms with E-state index in [0.29, 0.717) is 11.8 Å². The van der Waals surface area contributed by atoms with Crippen LogP contribution in [0.25, 0.3) is 20.2 Å². The van der Waals surface area contributed by atoms with E-state index < -0.39 is 6.04 Å². The third kappa shape index (κ3) is 3.44. The standard InChI is InChI=1S/C23H23N3O2S/c1-4-15-9-8-10-16(13-15)24-22(27)18(5-2)26-23(28)20-17-11-6-7-12-19(17)29-21(20)14(3)25-26/h6-13,18H,4-5H2,1-3H3,(H,24,27)/t18-/m1/s1. The average Bonchev–Trinajstić information content (AvgIpc) is 3.13. The normalized spacial score (nSPS) is 12.4. The smallest absolute Gasteiger partial charge is 0.276 e. The van der Waals surface area contributed by atoms with Crippen molar-refractivity contribution < 1.29 is 4.79 Å². The maximum Gasteiger partial charge on any atom is 0.276 e. The van der Waals surface area contributed by atoms with Crippen LogP contribution in [0.3, 0.4) is 0 Å². The van der Waals surface area contributed by atoms with Crippen LogP contribution in [0.15, 0.2) is 53.3 Å². The Hall–Kier alpha value is -2.99. The van der Waals surface area contributed by atoms with Gasteiger partial charge in [0.05, 0.1) is 15.8 Å². The van der Waals surface area contributed by atoms with E-state index in [1.807, 2.05) is 62.4 Å². The highest BCUT2D eigenvalue weighted by Gasteiger charge is 2.24. The van der Waals surface area contributed by atoms with Gasteiger partial charge in [-0.2, -0.15) is 5.10 Å². The van der Waals surface area contributed by atoms with Gasteiger partial charge in [0.2, 0.25) is 5.91 Å². The highest BCUT2D eigenvalue weighted by molar-refractivity contribution is 7.26. The van der Waals surface area contributed by atoms with Crippen LogP contribution in [0, 0.1) is 6.92 Å². The fourth-order valence-corrected chi connectivity index (χ4v) is 4.79. The van der Waals surface area contributed by atoms with Crippen molar-refractivity contribution in [2.45, 2.75) is 39.7 Å². The van der Waals surface area contributed by atoms with E-state index in [0.717, 1.165) is 38.2 Å². The van der Waals surface area contributed by atoms with Gasteiger partial charge in [-0.25, -0.2) is 4.68 Å². The lowest BCUT2D eigenvalue weighted by Gasteiger charge is -2.18. The van der Waals surface area contributed by atoms with E-state index >= 15 is 0 Å². The van der Waals surface area contributed by atoms with Gasteiger partial charge in [-0.3, -0.25) is 9.59 Å². The number of carbonyl (C=O) groups excluding carboxylic acids is 1. The number of rotatable bonds is 5. The van der Waals surface area contributed by atoms with Crippen molar-refractivity contribution in [2.24, 2.45) is 0 Å². The summed E-state index contributed by atoms with van der Waals surface area (Å²) in [7, 11) is 0. The molecule has 0 radical (unpaired) electrons. The predicted octanol–water partition coefficient (Wildman–Crippen LogP) is 5.07. The summed E-state index contributed by atoms with van der Waals surface area (Å²) in [6, 6.07) is 15.0. The van der Waals surface area contributed by atoms with E-state index in [9.17, 15) is 9.59 Å². The van der Waals surface area contributed by atoms with Crippen LogP contribution in [0.5, 0.6) is 0 Å². The van der Waals surface area contributed by atoms with Gasteiger partial charge >= 0.3 is 0 Å². The van der Waals surface area contributed by atoms with Crippen molar-refractivity contribution >= 4 is 43.1 Å². The van der Waals surface area contributed by atoms with Crippen molar-refractivity contribution in [1.29, 1.82) is 0 Å². The van der Waals surface area contributed by atoms with Gasteiger partial charge in [-0.05, 0) is 43.5 Å². The summed E-state index contributed by atoms with van der Waals surface area (Å²) in [5, 5.41) is 9.04. The largest absolute Gasteiger partial charge is 0.324 e. The molecule has 5 nitrogen and oxygen atoms in total. The van der Waals surface area contributed by atoms with Crippen LogP contribution in [0.2, 0.25) is 0 Å². The number of hydrogen-bond acceptors (Lipinski definition) is 4. The summed E-state index contributed by atoms with van der Waals surface area (Å²) in [5.41, 5.74) is 2.43. The molecule has 0 aliphatic rings. The molecule has 1 atom stereocenters. The number of aromatic nitrogens is 2. The van der Waals surface area contributed by atoms with Gasteiger partial charge in [0, 0.05) is 15.8 Å². The minimum Gasteiger partial charge on any atom is -0.324 e. The maximum absolute atomic E-state index is 13.3. The number of benzene rings is 2. The first-order valence-corrected chi connectivity index (χ1v) is 10.7. The molecule has 0 spiro atoms. The Labute approximate surface area is 173 Å². The molecule has 0 saturated carbocycles. The molecule has 2 aromatic carbocycles. The lowest BCUT2D eigenvalue weighted by Crippen LogP contribution is -2.35. The van der Waals surface area contributed by atoms with E-state index in [1.54, 1.807) is 11.3 Å². The molecule has 1 amide bonds. The zero-order valence-electron chi connectivity index (χ0n) is 16.7. The average molecular weight is 406 g/mol. The Morgan fingerprint density at radius 1 is 1.17 bits per heavy atom. The zero-order valence-corrected chi connectivity index (χ0v) is 17.5. The SMILES string of the molecule is CCc1cccc(NC(=O)[C@@H](CC)n2nc(C)c3sc4ccccc4c3c2=O)c1. The van der Waals surface area contributed by atoms with Crippen LogP contribution in [-0.4, -0.2) is 15.7 Å². The molecule has 29 heavy (non-hydrogen) atoms. The van der Waals surface area contributed by atoms with E-state index in [1.165, 1.54) is 4.68 Å². The lowest BCUT2D eigenvalue weighted by atomic mass is 10.1. The fraction of sp³-hybridized carbons (Fsp3) is 0.261. The van der Waals surface area contributed by atoms with Gasteiger partial charge in [-0.1, -0.05) is 44.2 Å². The minimum atomic E-state index is -0.672. The van der Waals surface area contributed by atoms with Gasteiger partial charge in [0.1, 0.15) is 6.04 Å². The molecular weight excluding hydrogens is 382 g/mol. The van der Waals surface area contributed by atoms with Crippen molar-refractivity contribution in [3.63, 3.8) is 0 Å². The molecule has 0 saturated heterocycles. The fourth-order valence-electron chi connectivity index (χ4n) is 3.65. The summed E-state index contributed by atoms with van der Waals surface area (Å²) >= 11 is 1.57. The number of carbonyl (C=O) groups is 1. The van der Waals surface area contributed by atoms with Crippen LogP contribution in [-0.2, 0) is 11.2 Å². The quantitative estimate of drug-likeness (QED) is 0.504. The first kappa shape index (κ1) is 19.3. The molecule has 1 N–H and O–H groups in total. The number of nitrogens with zero attached hydrogens (tertiary/aromatic N) is 2. The minimum absolute atomic E-state index is 0.215. The van der Waals surface area contributed by atoms with Crippen molar-refractivity contribution in [3.05, 3.63) is 70.1 Å². The van der Waals surface area contributed by atoms with E-state index in [-0.39, 0.29) is 11.5 Å². The van der Waals surface area contributed by atoms with Crippen molar-refractivity contribution in [2.75, 3.05) is 5.32 Å². The third-order valence-corrected chi connectivity index (χ3v) is 6.47. The molecular formula is C23H23N3O2S. The third-order valence-electron chi connectivity index (χ3n) is 5.19. The Morgan fingerprint density at radius 2 is 1.97 bits per heavy atom. The van der Waals surface area contributed by atoms with E-state index in [4.69, 9.17) is 0 Å². The Kier molecular flexibility index (Phi) is 5.20. The molecule has 2 heterocycles. The summed E-state index contributed by atoms with van der Waals surface area (Å²) in [6.07, 6.45) is 1.36. The van der Waals surface area contributed by atoms with Crippen molar-refractivity contribution in [1.82, 2.24) is 9.78 Å². The second-order valence-electron chi connectivity index (χ2n) is 7.10. The molecule has 148 valence electrons. The summed E-state index contributed by atoms with van der Waals surface area (Å²) < 4.78 is 3.30.